The zero-order valence-corrected chi connectivity index (χ0v) is 20.2. The number of methoxy groups -OCH3 is 1. The Balaban J connectivity index is 0.00000320. The SMILES string of the molecule is CN=C(NCc1cccc(S(N)(=O)=O)c1)NC1CCN(c2ccccc2OC)C1.I. The summed E-state index contributed by atoms with van der Waals surface area (Å²) in [6.45, 7) is 2.19. The van der Waals surface area contributed by atoms with E-state index in [1.165, 1.54) is 6.07 Å². The van der Waals surface area contributed by atoms with Crippen molar-refractivity contribution in [3.63, 3.8) is 0 Å². The Bertz CT molecular complexity index is 984. The molecule has 30 heavy (non-hydrogen) atoms. The number of guanidine groups is 1. The summed E-state index contributed by atoms with van der Waals surface area (Å²) in [5.41, 5.74) is 1.89. The summed E-state index contributed by atoms with van der Waals surface area (Å²) in [7, 11) is -0.323. The first-order valence-electron chi connectivity index (χ1n) is 9.37. The Morgan fingerprint density at radius 1 is 1.27 bits per heavy atom. The van der Waals surface area contributed by atoms with Crippen LogP contribution in [-0.4, -0.2) is 47.7 Å². The fourth-order valence-corrected chi connectivity index (χ4v) is 3.98. The number of halogens is 1. The highest BCUT2D eigenvalue weighted by molar-refractivity contribution is 14.0. The first kappa shape index (κ1) is 24.2. The van der Waals surface area contributed by atoms with E-state index in [1.54, 1.807) is 26.3 Å². The first-order valence-corrected chi connectivity index (χ1v) is 10.9. The summed E-state index contributed by atoms with van der Waals surface area (Å²) in [4.78, 5) is 6.67. The predicted molar refractivity (Wildman–Crippen MR) is 130 cm³/mol. The minimum Gasteiger partial charge on any atom is -0.495 e. The van der Waals surface area contributed by atoms with Crippen LogP contribution >= 0.6 is 24.0 Å². The maximum absolute atomic E-state index is 11.5. The molecule has 0 radical (unpaired) electrons. The van der Waals surface area contributed by atoms with Crippen molar-refractivity contribution in [2.45, 2.75) is 23.9 Å². The van der Waals surface area contributed by atoms with Crippen LogP contribution in [0.3, 0.4) is 0 Å². The number of ether oxygens (including phenoxy) is 1. The highest BCUT2D eigenvalue weighted by Crippen LogP contribution is 2.30. The fraction of sp³-hybridized carbons (Fsp3) is 0.350. The van der Waals surface area contributed by atoms with Gasteiger partial charge in [-0.05, 0) is 36.2 Å². The lowest BCUT2D eigenvalue weighted by atomic mass is 10.2. The number of nitrogens with zero attached hydrogens (tertiary/aromatic N) is 2. The Morgan fingerprint density at radius 3 is 2.73 bits per heavy atom. The second-order valence-corrected chi connectivity index (χ2v) is 8.43. The molecule has 1 atom stereocenters. The van der Waals surface area contributed by atoms with Gasteiger partial charge in [-0.25, -0.2) is 13.6 Å². The van der Waals surface area contributed by atoms with E-state index in [-0.39, 0.29) is 34.9 Å². The van der Waals surface area contributed by atoms with Gasteiger partial charge in [0.25, 0.3) is 0 Å². The molecule has 1 fully saturated rings. The average molecular weight is 545 g/mol. The summed E-state index contributed by atoms with van der Waals surface area (Å²) in [5, 5.41) is 11.9. The van der Waals surface area contributed by atoms with Gasteiger partial charge in [0.1, 0.15) is 5.75 Å². The molecule has 0 aliphatic carbocycles. The van der Waals surface area contributed by atoms with Crippen LogP contribution in [-0.2, 0) is 16.6 Å². The van der Waals surface area contributed by atoms with Gasteiger partial charge in [-0.2, -0.15) is 0 Å². The average Bonchev–Trinajstić information content (AvgIpc) is 3.19. The summed E-state index contributed by atoms with van der Waals surface area (Å²) in [6, 6.07) is 14.8. The van der Waals surface area contributed by atoms with Crippen LogP contribution in [0.5, 0.6) is 5.75 Å². The summed E-state index contributed by atoms with van der Waals surface area (Å²) in [5.74, 6) is 1.53. The van der Waals surface area contributed by atoms with Crippen molar-refractivity contribution in [3.05, 3.63) is 54.1 Å². The molecule has 1 unspecified atom stereocenters. The van der Waals surface area contributed by atoms with Gasteiger partial charge >= 0.3 is 0 Å². The maximum atomic E-state index is 11.5. The largest absolute Gasteiger partial charge is 0.495 e. The van der Waals surface area contributed by atoms with Crippen molar-refractivity contribution in [2.75, 3.05) is 32.1 Å². The number of nitrogens with one attached hydrogen (secondary N) is 2. The van der Waals surface area contributed by atoms with E-state index in [1.807, 2.05) is 24.3 Å². The smallest absolute Gasteiger partial charge is 0.238 e. The van der Waals surface area contributed by atoms with E-state index >= 15 is 0 Å². The van der Waals surface area contributed by atoms with Gasteiger partial charge in [-0.15, -0.1) is 24.0 Å². The van der Waals surface area contributed by atoms with Crippen molar-refractivity contribution in [2.24, 2.45) is 10.1 Å². The van der Waals surface area contributed by atoms with E-state index in [0.29, 0.717) is 12.5 Å². The molecular formula is C20H28IN5O3S. The molecular weight excluding hydrogens is 517 g/mol. The monoisotopic (exact) mass is 545 g/mol. The molecule has 10 heteroatoms. The van der Waals surface area contributed by atoms with Crippen LogP contribution in [0.15, 0.2) is 58.4 Å². The number of anilines is 1. The number of para-hydroxylation sites is 2. The molecule has 0 spiro atoms. The molecule has 1 aliphatic rings. The quantitative estimate of drug-likeness (QED) is 0.291. The molecule has 4 N–H and O–H groups in total. The van der Waals surface area contributed by atoms with E-state index in [2.05, 4.69) is 26.6 Å². The Morgan fingerprint density at radius 2 is 2.03 bits per heavy atom. The van der Waals surface area contributed by atoms with Crippen molar-refractivity contribution in [1.29, 1.82) is 0 Å². The van der Waals surface area contributed by atoms with E-state index < -0.39 is 10.0 Å². The van der Waals surface area contributed by atoms with Gasteiger partial charge in [0.2, 0.25) is 10.0 Å². The van der Waals surface area contributed by atoms with Crippen LogP contribution in [0.25, 0.3) is 0 Å². The molecule has 8 nitrogen and oxygen atoms in total. The third-order valence-corrected chi connectivity index (χ3v) is 5.78. The molecule has 3 rings (SSSR count). The van der Waals surface area contributed by atoms with E-state index in [0.717, 1.165) is 36.5 Å². The molecule has 2 aromatic rings. The molecule has 0 saturated carbocycles. The normalized spacial score (nSPS) is 16.7. The number of hydrogen-bond donors (Lipinski definition) is 3. The number of aliphatic imine (C=N–C) groups is 1. The van der Waals surface area contributed by atoms with Gasteiger partial charge in [0.05, 0.1) is 17.7 Å². The Hall–Kier alpha value is -2.05. The molecule has 2 aromatic carbocycles. The molecule has 164 valence electrons. The Labute approximate surface area is 195 Å². The molecule has 0 aromatic heterocycles. The van der Waals surface area contributed by atoms with Crippen LogP contribution in [0.4, 0.5) is 5.69 Å². The van der Waals surface area contributed by atoms with Gasteiger partial charge in [-0.3, -0.25) is 4.99 Å². The third kappa shape index (κ3) is 6.22. The fourth-order valence-electron chi connectivity index (χ4n) is 3.39. The van der Waals surface area contributed by atoms with E-state index in [9.17, 15) is 8.42 Å². The second kappa shape index (κ2) is 10.8. The zero-order valence-electron chi connectivity index (χ0n) is 17.0. The zero-order chi connectivity index (χ0) is 20.9. The number of primary sulfonamides is 1. The van der Waals surface area contributed by atoms with Crippen LogP contribution in [0, 0.1) is 0 Å². The number of sulfonamides is 1. The first-order chi connectivity index (χ1) is 13.9. The Kier molecular flexibility index (Phi) is 8.74. The van der Waals surface area contributed by atoms with Crippen LogP contribution < -0.4 is 25.4 Å². The molecule has 1 saturated heterocycles. The van der Waals surface area contributed by atoms with Gasteiger partial charge in [0, 0.05) is 32.7 Å². The third-order valence-electron chi connectivity index (χ3n) is 4.87. The minimum atomic E-state index is -3.72. The maximum Gasteiger partial charge on any atom is 0.238 e. The topological polar surface area (TPSA) is 109 Å². The molecule has 0 amide bonds. The number of nitrogens with two attached hydrogens (primary N) is 1. The molecule has 1 aliphatic heterocycles. The highest BCUT2D eigenvalue weighted by Gasteiger charge is 2.25. The lowest BCUT2D eigenvalue weighted by Crippen LogP contribution is -2.44. The van der Waals surface area contributed by atoms with Gasteiger partial charge in [0.15, 0.2) is 5.96 Å². The summed E-state index contributed by atoms with van der Waals surface area (Å²) < 4.78 is 28.5. The summed E-state index contributed by atoms with van der Waals surface area (Å²) >= 11 is 0. The van der Waals surface area contributed by atoms with Crippen molar-refractivity contribution < 1.29 is 13.2 Å². The standard InChI is InChI=1S/C20H27N5O3S.HI/c1-22-20(23-13-15-6-5-7-17(12-15)29(21,26)27)24-16-10-11-25(14-16)18-8-3-4-9-19(18)28-2;/h3-9,12,16H,10-11,13-14H2,1-2H3,(H2,21,26,27)(H2,22,23,24);1H. The molecule has 0 bridgehead atoms. The number of benzene rings is 2. The number of hydrogen-bond acceptors (Lipinski definition) is 5. The highest BCUT2D eigenvalue weighted by atomic mass is 127. The molecule has 1 heterocycles. The van der Waals surface area contributed by atoms with Crippen molar-refractivity contribution >= 4 is 45.6 Å². The van der Waals surface area contributed by atoms with Gasteiger partial charge in [-0.1, -0.05) is 24.3 Å². The summed E-state index contributed by atoms with van der Waals surface area (Å²) in [6.07, 6.45) is 0.972. The predicted octanol–water partition coefficient (Wildman–Crippen LogP) is 1.90. The van der Waals surface area contributed by atoms with Crippen LogP contribution in [0.1, 0.15) is 12.0 Å². The number of rotatable bonds is 6. The lowest BCUT2D eigenvalue weighted by molar-refractivity contribution is 0.415. The van der Waals surface area contributed by atoms with Crippen molar-refractivity contribution in [3.8, 4) is 5.75 Å². The minimum absolute atomic E-state index is 0. The van der Waals surface area contributed by atoms with Crippen LogP contribution in [0.2, 0.25) is 0 Å². The second-order valence-electron chi connectivity index (χ2n) is 6.87. The van der Waals surface area contributed by atoms with Crippen molar-refractivity contribution in [1.82, 2.24) is 10.6 Å². The van der Waals surface area contributed by atoms with E-state index in [4.69, 9.17) is 9.88 Å². The lowest BCUT2D eigenvalue weighted by Gasteiger charge is -2.22. The van der Waals surface area contributed by atoms with Gasteiger partial charge < -0.3 is 20.3 Å².